The summed E-state index contributed by atoms with van der Waals surface area (Å²) in [6.07, 6.45) is 2.55. The Hall–Kier alpha value is -3.41. The maximum Gasteiger partial charge on any atom is 0.313 e. The van der Waals surface area contributed by atoms with Crippen molar-refractivity contribution in [2.24, 2.45) is 0 Å². The van der Waals surface area contributed by atoms with Gasteiger partial charge in [0.05, 0.1) is 11.1 Å². The van der Waals surface area contributed by atoms with Crippen LogP contribution < -0.4 is 10.1 Å². The van der Waals surface area contributed by atoms with Gasteiger partial charge in [0.15, 0.2) is 0 Å². The molecule has 0 atom stereocenters. The summed E-state index contributed by atoms with van der Waals surface area (Å²) in [7, 11) is 0. The van der Waals surface area contributed by atoms with Crippen molar-refractivity contribution >= 4 is 17.5 Å². The lowest BCUT2D eigenvalue weighted by atomic mass is 9.84. The van der Waals surface area contributed by atoms with Crippen LogP contribution >= 0.6 is 0 Å². The Morgan fingerprint density at radius 1 is 1.17 bits per heavy atom. The van der Waals surface area contributed by atoms with E-state index < -0.39 is 11.4 Å². The van der Waals surface area contributed by atoms with Gasteiger partial charge in [-0.05, 0) is 69.5 Å². The van der Waals surface area contributed by atoms with Crippen molar-refractivity contribution in [3.05, 3.63) is 71.2 Å². The van der Waals surface area contributed by atoms with Gasteiger partial charge in [0.2, 0.25) is 0 Å². The summed E-state index contributed by atoms with van der Waals surface area (Å²) in [5.41, 5.74) is 3.49. The molecule has 0 aliphatic rings. The van der Waals surface area contributed by atoms with E-state index in [9.17, 15) is 9.90 Å². The first-order chi connectivity index (χ1) is 14.2. The molecule has 0 aliphatic heterocycles. The topological polar surface area (TPSA) is 84.3 Å². The molecule has 0 aliphatic carbocycles. The van der Waals surface area contributed by atoms with E-state index in [1.54, 1.807) is 32.2 Å². The van der Waals surface area contributed by atoms with Gasteiger partial charge in [-0.3, -0.25) is 9.78 Å². The summed E-state index contributed by atoms with van der Waals surface area (Å²) in [4.78, 5) is 20.5. The number of ether oxygens (including phenoxy) is 1. The van der Waals surface area contributed by atoms with Crippen LogP contribution in [0.3, 0.4) is 0 Å². The number of aromatic nitrogens is 2. The van der Waals surface area contributed by atoms with Crippen molar-refractivity contribution in [2.45, 2.75) is 46.5 Å². The van der Waals surface area contributed by atoms with Gasteiger partial charge in [-0.2, -0.15) is 0 Å². The monoisotopic (exact) mass is 405 g/mol. The van der Waals surface area contributed by atoms with Crippen LogP contribution in [0.5, 0.6) is 11.5 Å². The SMILES string of the molecule is CCc1nc(C)c(Oc2ccnc(Nc3cccc(C(C)(C)C(=O)O)c3)c2)cc1C. The van der Waals surface area contributed by atoms with Crippen molar-refractivity contribution in [1.82, 2.24) is 9.97 Å². The average molecular weight is 405 g/mol. The Balaban J connectivity index is 1.82. The second-order valence-corrected chi connectivity index (χ2v) is 7.80. The van der Waals surface area contributed by atoms with Gasteiger partial charge in [-0.15, -0.1) is 0 Å². The fourth-order valence-electron chi connectivity index (χ4n) is 3.12. The molecule has 0 bridgehead atoms. The summed E-state index contributed by atoms with van der Waals surface area (Å²) >= 11 is 0. The normalized spacial score (nSPS) is 11.2. The zero-order valence-corrected chi connectivity index (χ0v) is 18.0. The van der Waals surface area contributed by atoms with E-state index in [4.69, 9.17) is 4.74 Å². The van der Waals surface area contributed by atoms with Gasteiger partial charge in [-0.1, -0.05) is 19.1 Å². The molecule has 6 nitrogen and oxygen atoms in total. The van der Waals surface area contributed by atoms with Crippen LogP contribution in [0.15, 0.2) is 48.7 Å². The first-order valence-corrected chi connectivity index (χ1v) is 9.92. The van der Waals surface area contributed by atoms with Crippen LogP contribution in [0.2, 0.25) is 0 Å². The van der Waals surface area contributed by atoms with E-state index in [0.717, 1.165) is 29.1 Å². The number of carboxylic acids is 1. The number of aliphatic carboxylic acids is 1. The molecule has 0 saturated heterocycles. The van der Waals surface area contributed by atoms with Crippen LogP contribution in [0.4, 0.5) is 11.5 Å². The molecule has 1 aromatic carbocycles. The number of aryl methyl sites for hydroxylation is 3. The molecule has 2 N–H and O–H groups in total. The Bertz CT molecular complexity index is 1080. The maximum absolute atomic E-state index is 11.5. The fraction of sp³-hybridized carbons (Fsp3) is 0.292. The molecule has 0 amide bonds. The molecule has 2 heterocycles. The van der Waals surface area contributed by atoms with Crippen molar-refractivity contribution in [3.8, 4) is 11.5 Å². The maximum atomic E-state index is 11.5. The second-order valence-electron chi connectivity index (χ2n) is 7.80. The minimum atomic E-state index is -0.983. The minimum absolute atomic E-state index is 0.602. The van der Waals surface area contributed by atoms with Gasteiger partial charge < -0.3 is 15.2 Å². The quantitative estimate of drug-likeness (QED) is 0.536. The number of benzene rings is 1. The summed E-state index contributed by atoms with van der Waals surface area (Å²) in [5, 5.41) is 12.7. The number of nitrogens with zero attached hydrogens (tertiary/aromatic N) is 2. The smallest absolute Gasteiger partial charge is 0.313 e. The predicted molar refractivity (Wildman–Crippen MR) is 118 cm³/mol. The zero-order chi connectivity index (χ0) is 21.9. The third kappa shape index (κ3) is 4.59. The summed E-state index contributed by atoms with van der Waals surface area (Å²) < 4.78 is 6.06. The number of hydrogen-bond donors (Lipinski definition) is 2. The largest absolute Gasteiger partial charge is 0.481 e. The molecular formula is C24H27N3O3. The van der Waals surface area contributed by atoms with Gasteiger partial charge in [0.1, 0.15) is 17.3 Å². The van der Waals surface area contributed by atoms with Gasteiger partial charge in [0.25, 0.3) is 0 Å². The Morgan fingerprint density at radius 2 is 1.93 bits per heavy atom. The molecular weight excluding hydrogens is 378 g/mol. The van der Waals surface area contributed by atoms with Gasteiger partial charge >= 0.3 is 5.97 Å². The molecule has 6 heteroatoms. The Kier molecular flexibility index (Phi) is 6.06. The highest BCUT2D eigenvalue weighted by atomic mass is 16.5. The molecule has 156 valence electrons. The fourth-order valence-corrected chi connectivity index (χ4v) is 3.12. The molecule has 30 heavy (non-hydrogen) atoms. The number of hydrogen-bond acceptors (Lipinski definition) is 5. The minimum Gasteiger partial charge on any atom is -0.481 e. The van der Waals surface area contributed by atoms with Crippen molar-refractivity contribution in [3.63, 3.8) is 0 Å². The van der Waals surface area contributed by atoms with Crippen LogP contribution in [0.25, 0.3) is 0 Å². The van der Waals surface area contributed by atoms with E-state index in [-0.39, 0.29) is 0 Å². The van der Waals surface area contributed by atoms with Gasteiger partial charge in [0, 0.05) is 23.6 Å². The van der Waals surface area contributed by atoms with Crippen LogP contribution in [0, 0.1) is 13.8 Å². The van der Waals surface area contributed by atoms with E-state index >= 15 is 0 Å². The Morgan fingerprint density at radius 3 is 2.63 bits per heavy atom. The highest BCUT2D eigenvalue weighted by molar-refractivity contribution is 5.81. The number of carboxylic acid groups (broad SMARTS) is 1. The highest BCUT2D eigenvalue weighted by Gasteiger charge is 2.29. The third-order valence-electron chi connectivity index (χ3n) is 5.15. The van der Waals surface area contributed by atoms with Crippen molar-refractivity contribution in [2.75, 3.05) is 5.32 Å². The molecule has 0 spiro atoms. The van der Waals surface area contributed by atoms with Crippen LogP contribution in [-0.4, -0.2) is 21.0 Å². The summed E-state index contributed by atoms with van der Waals surface area (Å²) in [6, 6.07) is 12.9. The number of anilines is 2. The first-order valence-electron chi connectivity index (χ1n) is 9.92. The zero-order valence-electron chi connectivity index (χ0n) is 18.0. The highest BCUT2D eigenvalue weighted by Crippen LogP contribution is 2.30. The average Bonchev–Trinajstić information content (AvgIpc) is 2.71. The molecule has 0 saturated carbocycles. The van der Waals surface area contributed by atoms with E-state index in [1.807, 2.05) is 44.2 Å². The van der Waals surface area contributed by atoms with Gasteiger partial charge in [-0.25, -0.2) is 4.98 Å². The molecule has 0 unspecified atom stereocenters. The molecule has 0 fully saturated rings. The molecule has 2 aromatic heterocycles. The summed E-state index contributed by atoms with van der Waals surface area (Å²) in [5.74, 6) is 1.09. The molecule has 3 aromatic rings. The van der Waals surface area contributed by atoms with Crippen LogP contribution in [-0.2, 0) is 16.6 Å². The van der Waals surface area contributed by atoms with Crippen molar-refractivity contribution in [1.29, 1.82) is 0 Å². The van der Waals surface area contributed by atoms with Crippen LogP contribution in [0.1, 0.15) is 43.3 Å². The summed E-state index contributed by atoms with van der Waals surface area (Å²) in [6.45, 7) is 9.42. The molecule has 3 rings (SSSR count). The van der Waals surface area contributed by atoms with E-state index in [2.05, 4.69) is 22.2 Å². The van der Waals surface area contributed by atoms with E-state index in [1.165, 1.54) is 0 Å². The standard InChI is InChI=1S/C24H27N3O3/c1-6-20-15(2)12-21(16(3)26-20)30-19-10-11-25-22(14-19)27-18-9-7-8-17(13-18)24(4,5)23(28)29/h7-14H,6H2,1-5H3,(H,25,27)(H,28,29). The Labute approximate surface area is 177 Å². The number of pyridine rings is 2. The number of carbonyl (C=O) groups is 1. The lowest BCUT2D eigenvalue weighted by Gasteiger charge is -2.20. The number of rotatable bonds is 7. The van der Waals surface area contributed by atoms with E-state index in [0.29, 0.717) is 22.9 Å². The third-order valence-corrected chi connectivity index (χ3v) is 5.15. The lowest BCUT2D eigenvalue weighted by molar-refractivity contribution is -0.142. The molecule has 0 radical (unpaired) electrons. The lowest BCUT2D eigenvalue weighted by Crippen LogP contribution is -2.28. The first kappa shape index (κ1) is 21.3. The second kappa shape index (κ2) is 8.53. The number of nitrogens with one attached hydrogen (secondary N) is 1. The predicted octanol–water partition coefficient (Wildman–Crippen LogP) is 5.55. The van der Waals surface area contributed by atoms with Crippen molar-refractivity contribution < 1.29 is 14.6 Å².